The molecule has 0 aromatic heterocycles. The van der Waals surface area contributed by atoms with Gasteiger partial charge in [-0.15, -0.1) is 0 Å². The highest BCUT2D eigenvalue weighted by Crippen LogP contribution is 2.26. The van der Waals surface area contributed by atoms with Gasteiger partial charge in [0.25, 0.3) is 0 Å². The molecule has 2 unspecified atom stereocenters. The van der Waals surface area contributed by atoms with Crippen LogP contribution in [0.15, 0.2) is 12.2 Å². The van der Waals surface area contributed by atoms with Crippen LogP contribution >= 0.6 is 0 Å². The van der Waals surface area contributed by atoms with Crippen LogP contribution in [0, 0.1) is 5.92 Å². The lowest BCUT2D eigenvalue weighted by atomic mass is 9.93. The van der Waals surface area contributed by atoms with E-state index in [1.54, 1.807) is 0 Å². The summed E-state index contributed by atoms with van der Waals surface area (Å²) in [4.78, 5) is 28.3. The molecule has 4 heteroatoms. The van der Waals surface area contributed by atoms with Gasteiger partial charge >= 0.3 is 0 Å². The first-order chi connectivity index (χ1) is 9.25. The minimum atomic E-state index is -0.158. The Morgan fingerprint density at radius 1 is 1.16 bits per heavy atom. The summed E-state index contributed by atoms with van der Waals surface area (Å²) in [7, 11) is 0. The first-order valence-corrected chi connectivity index (χ1v) is 7.49. The minimum Gasteiger partial charge on any atom is -0.340 e. The number of fused-ring (bicyclic) bond motifs is 1. The van der Waals surface area contributed by atoms with E-state index >= 15 is 0 Å². The molecule has 0 saturated carbocycles. The maximum atomic E-state index is 12.6. The van der Waals surface area contributed by atoms with Crippen LogP contribution in [-0.4, -0.2) is 47.3 Å². The third-order valence-corrected chi connectivity index (χ3v) is 4.62. The third kappa shape index (κ3) is 2.53. The topological polar surface area (TPSA) is 40.6 Å². The van der Waals surface area contributed by atoms with Gasteiger partial charge in [0.1, 0.15) is 6.04 Å². The number of carbonyl (C=O) groups is 2. The molecule has 3 aliphatic rings. The first kappa shape index (κ1) is 12.7. The number of hydrogen-bond donors (Lipinski definition) is 0. The van der Waals surface area contributed by atoms with Gasteiger partial charge < -0.3 is 9.80 Å². The summed E-state index contributed by atoms with van der Waals surface area (Å²) in [5, 5.41) is 0. The van der Waals surface area contributed by atoms with Crippen molar-refractivity contribution < 1.29 is 9.59 Å². The average molecular weight is 262 g/mol. The minimum absolute atomic E-state index is 0.158. The number of rotatable bonds is 2. The smallest absolute Gasteiger partial charge is 0.245 e. The highest BCUT2D eigenvalue weighted by atomic mass is 16.2. The summed E-state index contributed by atoms with van der Waals surface area (Å²) in [6, 6.07) is -0.158. The monoisotopic (exact) mass is 262 g/mol. The number of carbonyl (C=O) groups excluding carboxylic acids is 2. The molecule has 0 aromatic carbocycles. The van der Waals surface area contributed by atoms with E-state index in [0.717, 1.165) is 38.8 Å². The van der Waals surface area contributed by atoms with Gasteiger partial charge in [-0.25, -0.2) is 0 Å². The molecule has 2 fully saturated rings. The molecule has 2 amide bonds. The molecule has 104 valence electrons. The lowest BCUT2D eigenvalue weighted by Crippen LogP contribution is -2.45. The molecule has 2 saturated heterocycles. The van der Waals surface area contributed by atoms with Crippen LogP contribution in [0.25, 0.3) is 0 Å². The summed E-state index contributed by atoms with van der Waals surface area (Å²) < 4.78 is 0. The predicted molar refractivity (Wildman–Crippen MR) is 72.4 cm³/mol. The van der Waals surface area contributed by atoms with Gasteiger partial charge in [0.2, 0.25) is 11.8 Å². The fourth-order valence-electron chi connectivity index (χ4n) is 3.53. The van der Waals surface area contributed by atoms with E-state index in [1.165, 1.54) is 6.42 Å². The Balaban J connectivity index is 1.69. The van der Waals surface area contributed by atoms with Crippen LogP contribution in [0.3, 0.4) is 0 Å². The highest BCUT2D eigenvalue weighted by Gasteiger charge is 2.39. The molecule has 2 atom stereocenters. The van der Waals surface area contributed by atoms with Gasteiger partial charge in [-0.3, -0.25) is 9.59 Å². The van der Waals surface area contributed by atoms with Crippen LogP contribution in [-0.2, 0) is 9.59 Å². The summed E-state index contributed by atoms with van der Waals surface area (Å²) >= 11 is 0. The van der Waals surface area contributed by atoms with Gasteiger partial charge in [0.05, 0.1) is 0 Å². The van der Waals surface area contributed by atoms with E-state index in [0.29, 0.717) is 18.9 Å². The number of nitrogens with zero attached hydrogens (tertiary/aromatic N) is 2. The van der Waals surface area contributed by atoms with E-state index in [1.807, 2.05) is 9.80 Å². The standard InChI is InChI=1S/C15H22N2O2/c18-14-8-10-16(11-12-5-2-1-3-6-12)15(19)13-7-4-9-17(13)14/h1-2,12-13H,3-11H2. The van der Waals surface area contributed by atoms with Crippen molar-refractivity contribution in [1.82, 2.24) is 9.80 Å². The van der Waals surface area contributed by atoms with E-state index in [4.69, 9.17) is 0 Å². The Hall–Kier alpha value is -1.32. The molecular formula is C15H22N2O2. The second kappa shape index (κ2) is 5.35. The Morgan fingerprint density at radius 3 is 2.84 bits per heavy atom. The molecule has 2 heterocycles. The number of allylic oxidation sites excluding steroid dienone is 2. The van der Waals surface area contributed by atoms with Crippen molar-refractivity contribution in [1.29, 1.82) is 0 Å². The van der Waals surface area contributed by atoms with Crippen molar-refractivity contribution in [3.05, 3.63) is 12.2 Å². The molecule has 0 spiro atoms. The van der Waals surface area contributed by atoms with E-state index < -0.39 is 0 Å². The Labute approximate surface area is 114 Å². The van der Waals surface area contributed by atoms with Crippen molar-refractivity contribution >= 4 is 11.8 Å². The number of hydrogen-bond acceptors (Lipinski definition) is 2. The maximum Gasteiger partial charge on any atom is 0.245 e. The van der Waals surface area contributed by atoms with E-state index in [9.17, 15) is 9.59 Å². The van der Waals surface area contributed by atoms with Gasteiger partial charge in [-0.1, -0.05) is 12.2 Å². The normalized spacial score (nSPS) is 31.6. The van der Waals surface area contributed by atoms with Gasteiger partial charge in [0.15, 0.2) is 0 Å². The largest absolute Gasteiger partial charge is 0.340 e. The zero-order valence-corrected chi connectivity index (χ0v) is 11.4. The SMILES string of the molecule is O=C1C2CCCN2C(=O)CCN1CC1CC=CCC1. The highest BCUT2D eigenvalue weighted by molar-refractivity contribution is 5.90. The summed E-state index contributed by atoms with van der Waals surface area (Å²) in [6.07, 6.45) is 10.2. The summed E-state index contributed by atoms with van der Waals surface area (Å²) in [5.74, 6) is 0.941. The van der Waals surface area contributed by atoms with Crippen molar-refractivity contribution in [3.63, 3.8) is 0 Å². The second-order valence-corrected chi connectivity index (χ2v) is 5.93. The predicted octanol–water partition coefficient (Wildman–Crippen LogP) is 1.57. The van der Waals surface area contributed by atoms with E-state index in [-0.39, 0.29) is 17.9 Å². The molecule has 0 N–H and O–H groups in total. The lowest BCUT2D eigenvalue weighted by Gasteiger charge is -2.29. The Morgan fingerprint density at radius 2 is 2.05 bits per heavy atom. The van der Waals surface area contributed by atoms with Gasteiger partial charge in [-0.05, 0) is 38.0 Å². The molecule has 0 bridgehead atoms. The molecule has 19 heavy (non-hydrogen) atoms. The van der Waals surface area contributed by atoms with Crippen molar-refractivity contribution in [2.24, 2.45) is 5.92 Å². The van der Waals surface area contributed by atoms with Crippen LogP contribution in [0.1, 0.15) is 38.5 Å². The number of amides is 2. The molecule has 1 aliphatic carbocycles. The zero-order valence-electron chi connectivity index (χ0n) is 11.4. The van der Waals surface area contributed by atoms with Crippen LogP contribution in [0.2, 0.25) is 0 Å². The molecule has 2 aliphatic heterocycles. The summed E-state index contributed by atoms with van der Waals surface area (Å²) in [6.45, 7) is 2.22. The zero-order chi connectivity index (χ0) is 13.2. The van der Waals surface area contributed by atoms with Crippen molar-refractivity contribution in [2.75, 3.05) is 19.6 Å². The van der Waals surface area contributed by atoms with Crippen LogP contribution in [0.4, 0.5) is 0 Å². The van der Waals surface area contributed by atoms with E-state index in [2.05, 4.69) is 12.2 Å². The van der Waals surface area contributed by atoms with Crippen LogP contribution in [0.5, 0.6) is 0 Å². The quantitative estimate of drug-likeness (QED) is 0.709. The van der Waals surface area contributed by atoms with Crippen molar-refractivity contribution in [2.45, 2.75) is 44.6 Å². The maximum absolute atomic E-state index is 12.6. The average Bonchev–Trinajstić information content (AvgIpc) is 2.89. The fourth-order valence-corrected chi connectivity index (χ4v) is 3.53. The lowest BCUT2D eigenvalue weighted by molar-refractivity contribution is -0.139. The van der Waals surface area contributed by atoms with Gasteiger partial charge in [0, 0.05) is 26.1 Å². The van der Waals surface area contributed by atoms with Gasteiger partial charge in [-0.2, -0.15) is 0 Å². The fraction of sp³-hybridized carbons (Fsp3) is 0.733. The van der Waals surface area contributed by atoms with Crippen LogP contribution < -0.4 is 0 Å². The summed E-state index contributed by atoms with van der Waals surface area (Å²) in [5.41, 5.74) is 0. The molecule has 0 aromatic rings. The Kier molecular flexibility index (Phi) is 3.58. The first-order valence-electron chi connectivity index (χ1n) is 7.49. The Bertz CT molecular complexity index is 405. The van der Waals surface area contributed by atoms with Crippen molar-refractivity contribution in [3.8, 4) is 0 Å². The molecule has 3 rings (SSSR count). The second-order valence-electron chi connectivity index (χ2n) is 5.93. The molecule has 0 radical (unpaired) electrons. The molecular weight excluding hydrogens is 240 g/mol. The third-order valence-electron chi connectivity index (χ3n) is 4.62. The molecule has 4 nitrogen and oxygen atoms in total.